The molecule has 1 aromatic heterocycles. The van der Waals surface area contributed by atoms with Crippen molar-refractivity contribution in [3.8, 4) is 5.75 Å². The highest BCUT2D eigenvalue weighted by atomic mass is 19.3. The lowest BCUT2D eigenvalue weighted by molar-refractivity contribution is -0.116. The molecule has 1 heterocycles. The summed E-state index contributed by atoms with van der Waals surface area (Å²) in [5.74, 6) is 0.610. The van der Waals surface area contributed by atoms with Crippen molar-refractivity contribution in [2.24, 2.45) is 0 Å². The first-order valence-corrected chi connectivity index (χ1v) is 6.00. The molecule has 1 aromatic carbocycles. The number of nitrogens with one attached hydrogen (secondary N) is 1. The van der Waals surface area contributed by atoms with Crippen LogP contribution in [0.2, 0.25) is 0 Å². The largest absolute Gasteiger partial charge is 0.469 e. The van der Waals surface area contributed by atoms with E-state index in [2.05, 4.69) is 10.1 Å². The van der Waals surface area contributed by atoms with Crippen molar-refractivity contribution in [1.29, 1.82) is 0 Å². The third-order valence-electron chi connectivity index (χ3n) is 2.54. The molecule has 0 atom stereocenters. The first kappa shape index (κ1) is 14.0. The highest BCUT2D eigenvalue weighted by Gasteiger charge is 2.06. The van der Waals surface area contributed by atoms with E-state index in [4.69, 9.17) is 4.42 Å². The average molecular weight is 281 g/mol. The topological polar surface area (TPSA) is 51.5 Å². The zero-order valence-electron chi connectivity index (χ0n) is 10.5. The Morgan fingerprint density at radius 1 is 1.25 bits per heavy atom. The molecule has 0 aliphatic carbocycles. The highest BCUT2D eigenvalue weighted by molar-refractivity contribution is 5.90. The van der Waals surface area contributed by atoms with Crippen LogP contribution in [0.5, 0.6) is 5.75 Å². The van der Waals surface area contributed by atoms with E-state index in [-0.39, 0.29) is 18.1 Å². The minimum atomic E-state index is -2.86. The van der Waals surface area contributed by atoms with Crippen LogP contribution in [0.25, 0.3) is 0 Å². The molecule has 6 heteroatoms. The van der Waals surface area contributed by atoms with Gasteiger partial charge in [-0.1, -0.05) is 0 Å². The minimum absolute atomic E-state index is 0.0496. The molecule has 20 heavy (non-hydrogen) atoms. The lowest BCUT2D eigenvalue weighted by Crippen LogP contribution is -2.12. The monoisotopic (exact) mass is 281 g/mol. The fourth-order valence-electron chi connectivity index (χ4n) is 1.63. The van der Waals surface area contributed by atoms with E-state index in [0.29, 0.717) is 12.1 Å². The first-order valence-electron chi connectivity index (χ1n) is 6.00. The van der Waals surface area contributed by atoms with Crippen LogP contribution in [0, 0.1) is 0 Å². The molecular formula is C14H13F2NO3. The molecule has 2 rings (SSSR count). The number of hydrogen-bond donors (Lipinski definition) is 1. The molecule has 0 saturated heterocycles. The number of halogens is 2. The average Bonchev–Trinajstić information content (AvgIpc) is 2.91. The van der Waals surface area contributed by atoms with Gasteiger partial charge >= 0.3 is 6.61 Å². The predicted octanol–water partition coefficient (Wildman–Crippen LogP) is 3.45. The third kappa shape index (κ3) is 4.38. The van der Waals surface area contributed by atoms with Crippen molar-refractivity contribution in [3.63, 3.8) is 0 Å². The molecule has 0 aliphatic rings. The number of ether oxygens (including phenoxy) is 1. The fourth-order valence-corrected chi connectivity index (χ4v) is 1.63. The molecule has 0 unspecified atom stereocenters. The van der Waals surface area contributed by atoms with Gasteiger partial charge in [0.05, 0.1) is 6.26 Å². The molecule has 0 radical (unpaired) electrons. The lowest BCUT2D eigenvalue weighted by atomic mass is 10.2. The highest BCUT2D eigenvalue weighted by Crippen LogP contribution is 2.18. The zero-order chi connectivity index (χ0) is 14.4. The molecule has 0 fully saturated rings. The Balaban J connectivity index is 1.81. The van der Waals surface area contributed by atoms with E-state index in [0.717, 1.165) is 5.76 Å². The van der Waals surface area contributed by atoms with Gasteiger partial charge in [0.25, 0.3) is 0 Å². The summed E-state index contributed by atoms with van der Waals surface area (Å²) in [7, 11) is 0. The molecule has 2 aromatic rings. The smallest absolute Gasteiger partial charge is 0.387 e. The van der Waals surface area contributed by atoms with Gasteiger partial charge in [0.1, 0.15) is 11.5 Å². The molecule has 106 valence electrons. The quantitative estimate of drug-likeness (QED) is 0.882. The fraction of sp³-hybridized carbons (Fsp3) is 0.214. The van der Waals surface area contributed by atoms with Crippen molar-refractivity contribution in [2.75, 3.05) is 5.32 Å². The minimum Gasteiger partial charge on any atom is -0.469 e. The van der Waals surface area contributed by atoms with E-state index in [1.54, 1.807) is 18.4 Å². The van der Waals surface area contributed by atoms with Crippen molar-refractivity contribution in [2.45, 2.75) is 19.5 Å². The van der Waals surface area contributed by atoms with E-state index in [9.17, 15) is 13.6 Å². The van der Waals surface area contributed by atoms with Crippen molar-refractivity contribution >= 4 is 11.6 Å². The molecule has 4 nitrogen and oxygen atoms in total. The Kier molecular flexibility index (Phi) is 4.70. The van der Waals surface area contributed by atoms with Gasteiger partial charge in [-0.25, -0.2) is 0 Å². The number of carbonyl (C=O) groups is 1. The molecule has 0 aliphatic heterocycles. The van der Waals surface area contributed by atoms with Gasteiger partial charge in [0.2, 0.25) is 5.91 Å². The van der Waals surface area contributed by atoms with Crippen molar-refractivity contribution in [3.05, 3.63) is 48.4 Å². The lowest BCUT2D eigenvalue weighted by Gasteiger charge is -2.07. The van der Waals surface area contributed by atoms with Crippen LogP contribution in [0.3, 0.4) is 0 Å². The molecule has 1 amide bonds. The summed E-state index contributed by atoms with van der Waals surface area (Å²) in [4.78, 5) is 11.7. The number of amides is 1. The molecular weight excluding hydrogens is 268 g/mol. The van der Waals surface area contributed by atoms with Crippen LogP contribution in [-0.4, -0.2) is 12.5 Å². The summed E-state index contributed by atoms with van der Waals surface area (Å²) in [6.45, 7) is -2.86. The van der Waals surface area contributed by atoms with Gasteiger partial charge in [-0.15, -0.1) is 0 Å². The summed E-state index contributed by atoms with van der Waals surface area (Å²) in [5.41, 5.74) is 0.524. The van der Waals surface area contributed by atoms with Gasteiger partial charge < -0.3 is 14.5 Å². The van der Waals surface area contributed by atoms with Crippen LogP contribution >= 0.6 is 0 Å². The number of carbonyl (C=O) groups excluding carboxylic acids is 1. The number of alkyl halides is 2. The Bertz CT molecular complexity index is 538. The summed E-state index contributed by atoms with van der Waals surface area (Å²) in [5, 5.41) is 2.66. The molecule has 0 bridgehead atoms. The summed E-state index contributed by atoms with van der Waals surface area (Å²) < 4.78 is 33.3. The van der Waals surface area contributed by atoms with Gasteiger partial charge in [0, 0.05) is 18.5 Å². The second kappa shape index (κ2) is 6.70. The SMILES string of the molecule is O=C(CCc1ccco1)Nc1ccc(OC(F)F)cc1. The van der Waals surface area contributed by atoms with E-state index < -0.39 is 6.61 Å². The van der Waals surface area contributed by atoms with Crippen LogP contribution in [0.15, 0.2) is 47.1 Å². The second-order valence-electron chi connectivity index (χ2n) is 4.03. The van der Waals surface area contributed by atoms with Crippen LogP contribution < -0.4 is 10.1 Å². The number of aryl methyl sites for hydroxylation is 1. The maximum Gasteiger partial charge on any atom is 0.387 e. The van der Waals surface area contributed by atoms with Crippen molar-refractivity contribution in [1.82, 2.24) is 0 Å². The Labute approximate surface area is 114 Å². The van der Waals surface area contributed by atoms with Gasteiger partial charge in [-0.05, 0) is 36.4 Å². The molecule has 0 saturated carbocycles. The van der Waals surface area contributed by atoms with Crippen molar-refractivity contribution < 1.29 is 22.7 Å². The van der Waals surface area contributed by atoms with E-state index in [1.165, 1.54) is 24.3 Å². The first-order chi connectivity index (χ1) is 9.63. The van der Waals surface area contributed by atoms with Crippen LogP contribution in [0.1, 0.15) is 12.2 Å². The Morgan fingerprint density at radius 3 is 2.60 bits per heavy atom. The number of furan rings is 1. The van der Waals surface area contributed by atoms with E-state index >= 15 is 0 Å². The molecule has 1 N–H and O–H groups in total. The number of hydrogen-bond acceptors (Lipinski definition) is 3. The summed E-state index contributed by atoms with van der Waals surface area (Å²) >= 11 is 0. The Hall–Kier alpha value is -2.37. The Morgan fingerprint density at radius 2 is 2.00 bits per heavy atom. The normalized spacial score (nSPS) is 10.6. The van der Waals surface area contributed by atoms with Crippen LogP contribution in [0.4, 0.5) is 14.5 Å². The predicted molar refractivity (Wildman–Crippen MR) is 68.7 cm³/mol. The maximum atomic E-state index is 12.0. The number of anilines is 1. The third-order valence-corrected chi connectivity index (χ3v) is 2.54. The molecule has 0 spiro atoms. The maximum absolute atomic E-state index is 12.0. The number of benzene rings is 1. The van der Waals surface area contributed by atoms with Gasteiger partial charge in [0.15, 0.2) is 0 Å². The van der Waals surface area contributed by atoms with Gasteiger partial charge in [-0.3, -0.25) is 4.79 Å². The number of rotatable bonds is 6. The summed E-state index contributed by atoms with van der Waals surface area (Å²) in [6.07, 6.45) is 2.34. The van der Waals surface area contributed by atoms with Gasteiger partial charge in [-0.2, -0.15) is 8.78 Å². The van der Waals surface area contributed by atoms with Crippen LogP contribution in [-0.2, 0) is 11.2 Å². The zero-order valence-corrected chi connectivity index (χ0v) is 10.5. The summed E-state index contributed by atoms with van der Waals surface area (Å²) in [6, 6.07) is 9.30. The second-order valence-corrected chi connectivity index (χ2v) is 4.03. The standard InChI is InChI=1S/C14H13F2NO3/c15-14(16)20-12-5-3-10(4-6-12)17-13(18)8-7-11-2-1-9-19-11/h1-6,9,14H,7-8H2,(H,17,18). The van der Waals surface area contributed by atoms with E-state index in [1.807, 2.05) is 0 Å².